The van der Waals surface area contributed by atoms with Crippen LogP contribution < -0.4 is 16.0 Å². The van der Waals surface area contributed by atoms with Crippen molar-refractivity contribution in [1.82, 2.24) is 20.9 Å². The number of ether oxygens (including phenoxy) is 1. The molecule has 1 aliphatic carbocycles. The van der Waals surface area contributed by atoms with E-state index in [1.165, 1.54) is 6.08 Å². The monoisotopic (exact) mass is 588 g/mol. The number of rotatable bonds is 12. The molecule has 2 heterocycles. The average Bonchev–Trinajstić information content (AvgIpc) is 3.40. The van der Waals surface area contributed by atoms with Gasteiger partial charge in [-0.3, -0.25) is 24.0 Å². The fraction of sp³-hybridized carbons (Fsp3) is 0.781. The summed E-state index contributed by atoms with van der Waals surface area (Å²) in [4.78, 5) is 68.4. The highest BCUT2D eigenvalue weighted by atomic mass is 16.5. The summed E-state index contributed by atoms with van der Waals surface area (Å²) in [6.45, 7) is 15.7. The predicted octanol–water partition coefficient (Wildman–Crippen LogP) is 3.04. The van der Waals surface area contributed by atoms with Crippen molar-refractivity contribution in [3.63, 3.8) is 0 Å². The lowest BCUT2D eigenvalue weighted by atomic mass is 9.82. The van der Waals surface area contributed by atoms with E-state index >= 15 is 0 Å². The predicted molar refractivity (Wildman–Crippen MR) is 160 cm³/mol. The standard InChI is InChI=1S/C32H52N4O6/c1-8-13-22(27(38)29(40)33-16-9-2)34-28(39)26-21-17-32(6,7)42-23(21)19-36(26)30(41)25(20-14-11-10-12-15-20)35-24(37)18-31(3,4)5/h9,20-23,25-26H,2,8,10-19H2,1,3-7H3,(H,33,40)(H,34,39)(H,35,37)/t21?,22?,23?,25-,26-/m0/s1. The Hall–Kier alpha value is -2.75. The molecule has 2 saturated heterocycles. The number of nitrogens with zero attached hydrogens (tertiary/aromatic N) is 1. The van der Waals surface area contributed by atoms with E-state index in [-0.39, 0.29) is 61.1 Å². The Labute approximate surface area is 251 Å². The van der Waals surface area contributed by atoms with Crippen LogP contribution in [-0.4, -0.2) is 77.2 Å². The maximum absolute atomic E-state index is 14.4. The summed E-state index contributed by atoms with van der Waals surface area (Å²) < 4.78 is 6.29. The summed E-state index contributed by atoms with van der Waals surface area (Å²) in [6.07, 6.45) is 7.60. The van der Waals surface area contributed by atoms with Crippen LogP contribution in [0.15, 0.2) is 12.7 Å². The summed E-state index contributed by atoms with van der Waals surface area (Å²) >= 11 is 0. The molecule has 42 heavy (non-hydrogen) atoms. The minimum absolute atomic E-state index is 0.0142. The van der Waals surface area contributed by atoms with Crippen LogP contribution in [0.3, 0.4) is 0 Å². The average molecular weight is 589 g/mol. The number of carbonyl (C=O) groups excluding carboxylic acids is 5. The van der Waals surface area contributed by atoms with Gasteiger partial charge < -0.3 is 25.6 Å². The first-order valence-electron chi connectivity index (χ1n) is 15.7. The Morgan fingerprint density at radius 2 is 1.74 bits per heavy atom. The van der Waals surface area contributed by atoms with Gasteiger partial charge in [-0.15, -0.1) is 6.58 Å². The smallest absolute Gasteiger partial charge is 0.289 e. The van der Waals surface area contributed by atoms with Gasteiger partial charge in [-0.25, -0.2) is 0 Å². The van der Waals surface area contributed by atoms with Gasteiger partial charge in [0.1, 0.15) is 12.1 Å². The highest BCUT2D eigenvalue weighted by Crippen LogP contribution is 2.43. The molecule has 236 valence electrons. The van der Waals surface area contributed by atoms with Crippen LogP contribution in [0.1, 0.15) is 99.3 Å². The summed E-state index contributed by atoms with van der Waals surface area (Å²) in [5.74, 6) is -2.71. The molecule has 0 bridgehead atoms. The number of likely N-dealkylation sites (tertiary alicyclic amines) is 1. The Balaban J connectivity index is 1.89. The van der Waals surface area contributed by atoms with Crippen molar-refractivity contribution < 1.29 is 28.7 Å². The molecule has 4 amide bonds. The molecule has 2 aliphatic heterocycles. The van der Waals surface area contributed by atoms with E-state index in [1.54, 1.807) is 4.90 Å². The zero-order valence-electron chi connectivity index (χ0n) is 26.4. The van der Waals surface area contributed by atoms with Crippen molar-refractivity contribution >= 4 is 29.4 Å². The topological polar surface area (TPSA) is 134 Å². The Morgan fingerprint density at radius 3 is 2.33 bits per heavy atom. The van der Waals surface area contributed by atoms with Gasteiger partial charge >= 0.3 is 0 Å². The zero-order chi connectivity index (χ0) is 31.2. The third-order valence-electron chi connectivity index (χ3n) is 8.58. The molecule has 0 radical (unpaired) electrons. The van der Waals surface area contributed by atoms with Crippen molar-refractivity contribution in [2.45, 2.75) is 129 Å². The van der Waals surface area contributed by atoms with Crippen molar-refractivity contribution in [3.05, 3.63) is 12.7 Å². The largest absolute Gasteiger partial charge is 0.370 e. The number of Topliss-reactive ketones (excluding diaryl/α,β-unsaturated/α-hetero) is 1. The van der Waals surface area contributed by atoms with Gasteiger partial charge in [-0.1, -0.05) is 59.5 Å². The number of hydrogen-bond acceptors (Lipinski definition) is 6. The molecule has 5 atom stereocenters. The van der Waals surface area contributed by atoms with E-state index < -0.39 is 41.3 Å². The molecule has 3 unspecified atom stereocenters. The lowest BCUT2D eigenvalue weighted by molar-refractivity contribution is -0.146. The van der Waals surface area contributed by atoms with Gasteiger partial charge in [0.05, 0.1) is 17.7 Å². The molecule has 3 fully saturated rings. The molecular formula is C32H52N4O6. The van der Waals surface area contributed by atoms with Crippen LogP contribution in [0.2, 0.25) is 0 Å². The number of amides is 4. The molecule has 3 N–H and O–H groups in total. The van der Waals surface area contributed by atoms with Crippen LogP contribution >= 0.6 is 0 Å². The number of nitrogens with one attached hydrogen (secondary N) is 3. The first-order chi connectivity index (χ1) is 19.7. The minimum atomic E-state index is -1.01. The summed E-state index contributed by atoms with van der Waals surface area (Å²) in [6, 6.07) is -2.63. The Bertz CT molecular complexity index is 1030. The van der Waals surface area contributed by atoms with E-state index in [2.05, 4.69) is 22.5 Å². The first kappa shape index (κ1) is 33.7. The number of ketones is 1. The SMILES string of the molecule is C=CCNC(=O)C(=O)C(CCC)NC(=O)[C@@H]1C2CC(C)(C)OC2CN1C(=O)[C@@H](NC(=O)CC(C)(C)C)C1CCCCC1. The van der Waals surface area contributed by atoms with Gasteiger partial charge in [-0.05, 0) is 50.9 Å². The molecule has 10 nitrogen and oxygen atoms in total. The molecule has 0 aromatic heterocycles. The molecule has 10 heteroatoms. The maximum atomic E-state index is 14.4. The van der Waals surface area contributed by atoms with E-state index in [0.29, 0.717) is 12.8 Å². The first-order valence-corrected chi connectivity index (χ1v) is 15.7. The molecule has 0 spiro atoms. The second kappa shape index (κ2) is 14.1. The normalized spacial score (nSPS) is 25.2. The summed E-state index contributed by atoms with van der Waals surface area (Å²) in [5, 5.41) is 8.37. The highest BCUT2D eigenvalue weighted by molar-refractivity contribution is 6.38. The van der Waals surface area contributed by atoms with Gasteiger partial charge in [0.2, 0.25) is 23.5 Å². The van der Waals surface area contributed by atoms with E-state index in [9.17, 15) is 24.0 Å². The minimum Gasteiger partial charge on any atom is -0.370 e. The summed E-state index contributed by atoms with van der Waals surface area (Å²) in [5.41, 5.74) is -0.703. The Kier molecular flexibility index (Phi) is 11.4. The lowest BCUT2D eigenvalue weighted by Gasteiger charge is -2.36. The van der Waals surface area contributed by atoms with Crippen LogP contribution in [0.5, 0.6) is 0 Å². The molecule has 0 aromatic rings. The maximum Gasteiger partial charge on any atom is 0.289 e. The number of fused-ring (bicyclic) bond motifs is 1. The van der Waals surface area contributed by atoms with Crippen molar-refractivity contribution in [2.24, 2.45) is 17.3 Å². The fourth-order valence-corrected chi connectivity index (χ4v) is 6.79. The second-order valence-corrected chi connectivity index (χ2v) is 14.1. The quantitative estimate of drug-likeness (QED) is 0.237. The van der Waals surface area contributed by atoms with Crippen LogP contribution in [-0.2, 0) is 28.7 Å². The lowest BCUT2D eigenvalue weighted by Crippen LogP contribution is -2.59. The van der Waals surface area contributed by atoms with Crippen molar-refractivity contribution in [1.29, 1.82) is 0 Å². The molecule has 3 rings (SSSR count). The van der Waals surface area contributed by atoms with Gasteiger partial charge in [0.15, 0.2) is 0 Å². The second-order valence-electron chi connectivity index (χ2n) is 14.1. The third kappa shape index (κ3) is 8.64. The summed E-state index contributed by atoms with van der Waals surface area (Å²) in [7, 11) is 0. The van der Waals surface area contributed by atoms with Gasteiger partial charge in [0.25, 0.3) is 5.91 Å². The molecular weight excluding hydrogens is 536 g/mol. The van der Waals surface area contributed by atoms with Crippen LogP contribution in [0, 0.1) is 17.3 Å². The van der Waals surface area contributed by atoms with E-state index in [1.807, 2.05) is 41.5 Å². The number of hydrogen-bond donors (Lipinski definition) is 3. The highest BCUT2D eigenvalue weighted by Gasteiger charge is 2.56. The van der Waals surface area contributed by atoms with Gasteiger partial charge in [0, 0.05) is 25.4 Å². The zero-order valence-corrected chi connectivity index (χ0v) is 26.4. The van der Waals surface area contributed by atoms with Crippen molar-refractivity contribution in [3.8, 4) is 0 Å². The Morgan fingerprint density at radius 1 is 1.07 bits per heavy atom. The van der Waals surface area contributed by atoms with E-state index in [0.717, 1.165) is 32.1 Å². The van der Waals surface area contributed by atoms with E-state index in [4.69, 9.17) is 4.74 Å². The van der Waals surface area contributed by atoms with Crippen LogP contribution in [0.4, 0.5) is 0 Å². The molecule has 3 aliphatic rings. The fourth-order valence-electron chi connectivity index (χ4n) is 6.79. The number of carbonyl (C=O) groups is 5. The van der Waals surface area contributed by atoms with Crippen LogP contribution in [0.25, 0.3) is 0 Å². The van der Waals surface area contributed by atoms with Gasteiger partial charge in [-0.2, -0.15) is 0 Å². The third-order valence-corrected chi connectivity index (χ3v) is 8.58. The molecule has 1 saturated carbocycles. The van der Waals surface area contributed by atoms with Crippen molar-refractivity contribution in [2.75, 3.05) is 13.1 Å². The molecule has 0 aromatic carbocycles.